The number of ether oxygens (including phenoxy) is 4. The van der Waals surface area contributed by atoms with Crippen molar-refractivity contribution in [2.45, 2.75) is 61.9 Å². The highest BCUT2D eigenvalue weighted by atomic mass is 19.4. The van der Waals surface area contributed by atoms with Gasteiger partial charge in [0.1, 0.15) is 23.0 Å². The molecule has 0 heterocycles. The van der Waals surface area contributed by atoms with Crippen molar-refractivity contribution in [2.75, 3.05) is 19.8 Å². The number of aliphatic hydroxyl groups is 2. The van der Waals surface area contributed by atoms with Crippen LogP contribution in [0.15, 0.2) is 109 Å². The number of hydrogen-bond acceptors (Lipinski definition) is 10. The molecule has 65 heavy (non-hydrogen) atoms. The van der Waals surface area contributed by atoms with Gasteiger partial charge in [-0.05, 0) is 109 Å². The molecule has 0 aromatic heterocycles. The molecule has 348 valence electrons. The number of carbonyl (C=O) groups is 4. The molecule has 0 bridgehead atoms. The monoisotopic (exact) mass is 928 g/mol. The molecule has 20 heteroatoms. The van der Waals surface area contributed by atoms with E-state index in [1.165, 1.54) is 109 Å². The minimum Gasteiger partial charge on any atom is -0.494 e. The van der Waals surface area contributed by atoms with Crippen LogP contribution in [0.25, 0.3) is 12.2 Å². The lowest BCUT2D eigenvalue weighted by Gasteiger charge is -2.21. The molecular weight excluding hydrogens is 890 g/mol. The lowest BCUT2D eigenvalue weighted by Crippen LogP contribution is -2.45. The predicted molar refractivity (Wildman–Crippen MR) is 212 cm³/mol. The van der Waals surface area contributed by atoms with Gasteiger partial charge < -0.3 is 29.2 Å². The number of hydrogen-bond donors (Lipinski definition) is 2. The first-order valence-electron chi connectivity index (χ1n) is 19.2. The second-order valence-corrected chi connectivity index (χ2v) is 14.0. The highest BCUT2D eigenvalue weighted by molar-refractivity contribution is 6.20. The molecule has 4 rings (SSSR count). The zero-order valence-electron chi connectivity index (χ0n) is 33.6. The van der Waals surface area contributed by atoms with Gasteiger partial charge in [-0.15, -0.1) is 0 Å². The van der Waals surface area contributed by atoms with E-state index in [9.17, 15) is 73.3 Å². The van der Waals surface area contributed by atoms with E-state index >= 15 is 0 Å². The number of carbonyl (C=O) groups excluding carboxylic acids is 4. The maximum Gasteiger partial charge on any atom is 0.453 e. The Labute approximate surface area is 363 Å². The number of halogens is 10. The van der Waals surface area contributed by atoms with Crippen LogP contribution in [0.5, 0.6) is 23.0 Å². The summed E-state index contributed by atoms with van der Waals surface area (Å²) in [5.74, 6) is -13.0. The second kappa shape index (κ2) is 21.9. The van der Waals surface area contributed by atoms with E-state index in [0.717, 1.165) is 12.2 Å². The molecule has 4 aromatic carbocycles. The van der Waals surface area contributed by atoms with Crippen molar-refractivity contribution >= 4 is 35.7 Å². The van der Waals surface area contributed by atoms with Crippen LogP contribution in [0.3, 0.4) is 0 Å². The van der Waals surface area contributed by atoms with Gasteiger partial charge in [-0.3, -0.25) is 9.59 Å². The van der Waals surface area contributed by atoms with Crippen LogP contribution in [-0.2, 0) is 9.59 Å². The van der Waals surface area contributed by atoms with Crippen LogP contribution in [0, 0.1) is 0 Å². The molecule has 2 N–H and O–H groups in total. The molecule has 0 aliphatic rings. The maximum absolute atomic E-state index is 13.1. The van der Waals surface area contributed by atoms with Crippen LogP contribution in [-0.4, -0.2) is 83.3 Å². The average molecular weight is 929 g/mol. The van der Waals surface area contributed by atoms with Gasteiger partial charge in [-0.1, -0.05) is 36.4 Å². The fourth-order valence-corrected chi connectivity index (χ4v) is 5.40. The second-order valence-electron chi connectivity index (χ2n) is 14.0. The molecular formula is C45H38F10O10. The minimum atomic E-state index is -5.66. The van der Waals surface area contributed by atoms with E-state index in [4.69, 9.17) is 18.9 Å². The van der Waals surface area contributed by atoms with Crippen molar-refractivity contribution in [3.05, 3.63) is 131 Å². The lowest BCUT2D eigenvalue weighted by atomic mass is 9.88. The smallest absolute Gasteiger partial charge is 0.453 e. The fraction of sp³-hybridized carbons (Fsp3) is 0.289. The third-order valence-corrected chi connectivity index (χ3v) is 9.14. The molecule has 4 aromatic rings. The molecule has 0 saturated carbocycles. The standard InChI is InChI=1S/C45H38F10O10/c46-42(47,44(50,51)52)23-1-27-62-33-17-9-31(10-18-33)39(59)64-35-13-3-29(4-14-35)7-21-37(57)41(61,25-26-56)38(58)22-8-30-5-15-36(16-6-30)65-40(60)32-11-19-34(20-12-32)63-28-2-24-43(48,49)45(53,54)55/h3-22,56,61H,1-2,23-28H2/b21-7+,22-8+. The largest absolute Gasteiger partial charge is 0.494 e. The number of benzene rings is 4. The predicted octanol–water partition coefficient (Wildman–Crippen LogP) is 9.82. The summed E-state index contributed by atoms with van der Waals surface area (Å²) in [6, 6.07) is 21.6. The van der Waals surface area contributed by atoms with Gasteiger partial charge >= 0.3 is 36.1 Å². The van der Waals surface area contributed by atoms with Gasteiger partial charge in [0.2, 0.25) is 0 Å². The Morgan fingerprint density at radius 3 is 1.11 bits per heavy atom. The van der Waals surface area contributed by atoms with Crippen LogP contribution in [0.1, 0.15) is 63.9 Å². The third kappa shape index (κ3) is 14.8. The topological polar surface area (TPSA) is 146 Å². The van der Waals surface area contributed by atoms with E-state index < -0.39 is 105 Å². The SMILES string of the molecule is O=C(Oc1ccc(/C=C/C(=O)C(O)(CCO)C(=O)/C=C/c2ccc(OC(=O)c3ccc(OCCCC(F)(F)C(F)(F)F)cc3)cc2)cc1)c1ccc(OCCCC(F)(F)C(F)(F)F)cc1. The zero-order valence-corrected chi connectivity index (χ0v) is 33.6. The first kappa shape index (κ1) is 51.1. The van der Waals surface area contributed by atoms with Crippen LogP contribution >= 0.6 is 0 Å². The van der Waals surface area contributed by atoms with Crippen LogP contribution < -0.4 is 18.9 Å². The van der Waals surface area contributed by atoms with Gasteiger partial charge in [0, 0.05) is 25.9 Å². The summed E-state index contributed by atoms with van der Waals surface area (Å²) in [5.41, 5.74) is -1.80. The van der Waals surface area contributed by atoms with Gasteiger partial charge in [-0.25, -0.2) is 9.59 Å². The van der Waals surface area contributed by atoms with Crippen molar-refractivity contribution in [1.29, 1.82) is 0 Å². The summed E-state index contributed by atoms with van der Waals surface area (Å²) >= 11 is 0. The van der Waals surface area contributed by atoms with Crippen molar-refractivity contribution < 1.29 is 92.2 Å². The van der Waals surface area contributed by atoms with E-state index in [2.05, 4.69) is 0 Å². The average Bonchev–Trinajstić information content (AvgIpc) is 3.25. The molecule has 10 nitrogen and oxygen atoms in total. The quantitative estimate of drug-likeness (QED) is 0.0195. The number of esters is 2. The highest BCUT2D eigenvalue weighted by Crippen LogP contribution is 2.40. The Bertz CT molecular complexity index is 2130. The summed E-state index contributed by atoms with van der Waals surface area (Å²) in [7, 11) is 0. The lowest BCUT2D eigenvalue weighted by molar-refractivity contribution is -0.284. The summed E-state index contributed by atoms with van der Waals surface area (Å²) in [6.45, 7) is -1.59. The van der Waals surface area contributed by atoms with Gasteiger partial charge in [-0.2, -0.15) is 43.9 Å². The molecule has 0 spiro atoms. The Balaban J connectivity index is 1.25. The first-order valence-corrected chi connectivity index (χ1v) is 19.2. The Morgan fingerprint density at radius 2 is 0.800 bits per heavy atom. The summed E-state index contributed by atoms with van der Waals surface area (Å²) in [6.07, 6.45) is -11.7. The van der Waals surface area contributed by atoms with E-state index in [1.54, 1.807) is 0 Å². The van der Waals surface area contributed by atoms with Crippen LogP contribution in [0.4, 0.5) is 43.9 Å². The molecule has 0 aliphatic carbocycles. The minimum absolute atomic E-state index is 0.0523. The van der Waals surface area contributed by atoms with E-state index in [0.29, 0.717) is 11.1 Å². The van der Waals surface area contributed by atoms with E-state index in [-0.39, 0.29) is 34.1 Å². The van der Waals surface area contributed by atoms with Crippen molar-refractivity contribution in [2.24, 2.45) is 0 Å². The third-order valence-electron chi connectivity index (χ3n) is 9.14. The Hall–Kier alpha value is -6.54. The molecule has 0 unspecified atom stereocenters. The van der Waals surface area contributed by atoms with Crippen molar-refractivity contribution in [3.63, 3.8) is 0 Å². The van der Waals surface area contributed by atoms with Crippen molar-refractivity contribution in [1.82, 2.24) is 0 Å². The zero-order chi connectivity index (χ0) is 48.1. The van der Waals surface area contributed by atoms with Gasteiger partial charge in [0.15, 0.2) is 17.2 Å². The Kier molecular flexibility index (Phi) is 17.2. The number of ketones is 2. The van der Waals surface area contributed by atoms with Crippen molar-refractivity contribution in [3.8, 4) is 23.0 Å². The van der Waals surface area contributed by atoms with Gasteiger partial charge in [0.25, 0.3) is 0 Å². The van der Waals surface area contributed by atoms with Gasteiger partial charge in [0.05, 0.1) is 24.3 Å². The molecule has 0 saturated heterocycles. The van der Waals surface area contributed by atoms with E-state index in [1.807, 2.05) is 0 Å². The maximum atomic E-state index is 13.1. The number of aliphatic hydroxyl groups excluding tert-OH is 1. The fourth-order valence-electron chi connectivity index (χ4n) is 5.40. The first-order chi connectivity index (χ1) is 30.4. The Morgan fingerprint density at radius 1 is 0.477 bits per heavy atom. The highest BCUT2D eigenvalue weighted by Gasteiger charge is 2.57. The number of rotatable bonds is 22. The molecule has 0 amide bonds. The van der Waals surface area contributed by atoms with Crippen LogP contribution in [0.2, 0.25) is 0 Å². The molecule has 0 radical (unpaired) electrons. The summed E-state index contributed by atoms with van der Waals surface area (Å²) in [5, 5.41) is 20.6. The number of alkyl halides is 10. The normalized spacial score (nSPS) is 12.6. The molecule has 0 aliphatic heterocycles. The molecule has 0 atom stereocenters. The summed E-state index contributed by atoms with van der Waals surface area (Å²) < 4.78 is 147. The summed E-state index contributed by atoms with van der Waals surface area (Å²) in [4.78, 5) is 51.3. The molecule has 0 fully saturated rings.